The van der Waals surface area contributed by atoms with Crippen molar-refractivity contribution in [2.24, 2.45) is 0 Å². The maximum atomic E-state index is 12.3. The summed E-state index contributed by atoms with van der Waals surface area (Å²) in [5.41, 5.74) is 3.49. The number of benzene rings is 2. The predicted octanol–water partition coefficient (Wildman–Crippen LogP) is 2.23. The quantitative estimate of drug-likeness (QED) is 0.908. The molecule has 24 heavy (non-hydrogen) atoms. The van der Waals surface area contributed by atoms with Gasteiger partial charge in [-0.1, -0.05) is 12.1 Å². The lowest BCUT2D eigenvalue weighted by Crippen LogP contribution is -2.23. The summed E-state index contributed by atoms with van der Waals surface area (Å²) in [7, 11) is 0. The van der Waals surface area contributed by atoms with E-state index >= 15 is 0 Å². The van der Waals surface area contributed by atoms with E-state index in [1.807, 2.05) is 18.2 Å². The molecular formula is C18H16N2O4. The monoisotopic (exact) mass is 324 g/mol. The Morgan fingerprint density at radius 3 is 2.88 bits per heavy atom. The van der Waals surface area contributed by atoms with Crippen LogP contribution in [0.2, 0.25) is 0 Å². The van der Waals surface area contributed by atoms with Crippen LogP contribution in [0.25, 0.3) is 0 Å². The Balaban J connectivity index is 1.43. The Morgan fingerprint density at radius 1 is 1.08 bits per heavy atom. The standard InChI is InChI=1S/C18H16N2O4/c21-17-6-3-12-7-11(1-4-14(12)20-17)9-19-18(22)13-2-5-15-16(8-13)24-10-23-15/h1-2,4-5,7-8H,3,6,9-10H2,(H,19,22)(H,20,21). The van der Waals surface area contributed by atoms with Gasteiger partial charge in [0.25, 0.3) is 5.91 Å². The molecule has 0 aliphatic carbocycles. The molecule has 2 heterocycles. The van der Waals surface area contributed by atoms with Gasteiger partial charge in [-0.05, 0) is 41.8 Å². The third kappa shape index (κ3) is 2.78. The number of hydrogen-bond donors (Lipinski definition) is 2. The fourth-order valence-electron chi connectivity index (χ4n) is 2.87. The third-order valence-corrected chi connectivity index (χ3v) is 4.15. The van der Waals surface area contributed by atoms with Crippen molar-refractivity contribution in [3.63, 3.8) is 0 Å². The molecule has 6 nitrogen and oxygen atoms in total. The summed E-state index contributed by atoms with van der Waals surface area (Å²) in [6.45, 7) is 0.612. The Bertz CT molecular complexity index is 832. The molecule has 6 heteroatoms. The lowest BCUT2D eigenvalue weighted by molar-refractivity contribution is -0.116. The lowest BCUT2D eigenvalue weighted by atomic mass is 10.0. The van der Waals surface area contributed by atoms with Crippen LogP contribution < -0.4 is 20.1 Å². The number of nitrogens with one attached hydrogen (secondary N) is 2. The number of ether oxygens (including phenoxy) is 2. The molecule has 122 valence electrons. The Hall–Kier alpha value is -3.02. The summed E-state index contributed by atoms with van der Waals surface area (Å²) in [6.07, 6.45) is 1.23. The largest absolute Gasteiger partial charge is 0.454 e. The number of carbonyl (C=O) groups excluding carboxylic acids is 2. The summed E-state index contributed by atoms with van der Waals surface area (Å²) >= 11 is 0. The molecule has 2 aliphatic heterocycles. The van der Waals surface area contributed by atoms with Gasteiger partial charge in [-0.2, -0.15) is 0 Å². The molecule has 0 atom stereocenters. The molecule has 2 aromatic carbocycles. The predicted molar refractivity (Wildman–Crippen MR) is 87.1 cm³/mol. The van der Waals surface area contributed by atoms with Crippen molar-refractivity contribution in [2.45, 2.75) is 19.4 Å². The highest BCUT2D eigenvalue weighted by molar-refractivity contribution is 5.95. The Labute approximate surface area is 138 Å². The van der Waals surface area contributed by atoms with Gasteiger partial charge in [0.1, 0.15) is 0 Å². The fraction of sp³-hybridized carbons (Fsp3) is 0.222. The number of carbonyl (C=O) groups is 2. The second-order valence-corrected chi connectivity index (χ2v) is 5.79. The van der Waals surface area contributed by atoms with E-state index in [2.05, 4.69) is 10.6 Å². The minimum Gasteiger partial charge on any atom is -0.454 e. The van der Waals surface area contributed by atoms with Crippen molar-refractivity contribution < 1.29 is 19.1 Å². The smallest absolute Gasteiger partial charge is 0.251 e. The molecule has 2 aromatic rings. The zero-order valence-electron chi connectivity index (χ0n) is 12.9. The van der Waals surface area contributed by atoms with Crippen molar-refractivity contribution >= 4 is 17.5 Å². The summed E-state index contributed by atoms with van der Waals surface area (Å²) < 4.78 is 10.5. The van der Waals surface area contributed by atoms with Crippen LogP contribution in [-0.4, -0.2) is 18.6 Å². The van der Waals surface area contributed by atoms with E-state index in [-0.39, 0.29) is 18.6 Å². The van der Waals surface area contributed by atoms with Gasteiger partial charge < -0.3 is 20.1 Å². The van der Waals surface area contributed by atoms with Crippen molar-refractivity contribution in [1.29, 1.82) is 0 Å². The number of aryl methyl sites for hydroxylation is 1. The Kier molecular flexibility index (Phi) is 3.57. The van der Waals surface area contributed by atoms with Gasteiger partial charge in [-0.15, -0.1) is 0 Å². The van der Waals surface area contributed by atoms with Gasteiger partial charge >= 0.3 is 0 Å². The molecule has 2 N–H and O–H groups in total. The van der Waals surface area contributed by atoms with Crippen LogP contribution in [0.1, 0.15) is 27.9 Å². The second-order valence-electron chi connectivity index (χ2n) is 5.79. The van der Waals surface area contributed by atoms with Crippen LogP contribution in [0.4, 0.5) is 5.69 Å². The van der Waals surface area contributed by atoms with Crippen LogP contribution >= 0.6 is 0 Å². The van der Waals surface area contributed by atoms with Crippen LogP contribution in [0.15, 0.2) is 36.4 Å². The van der Waals surface area contributed by atoms with Crippen molar-refractivity contribution in [3.8, 4) is 11.5 Å². The van der Waals surface area contributed by atoms with E-state index in [1.54, 1.807) is 18.2 Å². The molecule has 0 radical (unpaired) electrons. The maximum absolute atomic E-state index is 12.3. The average molecular weight is 324 g/mol. The molecule has 4 rings (SSSR count). The van der Waals surface area contributed by atoms with Gasteiger partial charge in [0.15, 0.2) is 11.5 Å². The van der Waals surface area contributed by atoms with E-state index in [4.69, 9.17) is 9.47 Å². The molecule has 0 unspecified atom stereocenters. The van der Waals surface area contributed by atoms with Crippen molar-refractivity contribution in [1.82, 2.24) is 5.32 Å². The van der Waals surface area contributed by atoms with E-state index < -0.39 is 0 Å². The number of amides is 2. The molecule has 0 bridgehead atoms. The van der Waals surface area contributed by atoms with Crippen LogP contribution in [0.5, 0.6) is 11.5 Å². The molecule has 0 aromatic heterocycles. The van der Waals surface area contributed by atoms with Gasteiger partial charge in [-0.3, -0.25) is 9.59 Å². The third-order valence-electron chi connectivity index (χ3n) is 4.15. The SMILES string of the molecule is O=C1CCc2cc(CNC(=O)c3ccc4c(c3)OCO4)ccc2N1. The van der Waals surface area contributed by atoms with Gasteiger partial charge in [0, 0.05) is 24.2 Å². The number of hydrogen-bond acceptors (Lipinski definition) is 4. The van der Waals surface area contributed by atoms with E-state index in [0.29, 0.717) is 30.0 Å². The zero-order valence-corrected chi connectivity index (χ0v) is 12.9. The summed E-state index contributed by atoms with van der Waals surface area (Å²) in [5.74, 6) is 1.13. The molecule has 2 amide bonds. The number of anilines is 1. The molecule has 0 fully saturated rings. The summed E-state index contributed by atoms with van der Waals surface area (Å²) in [4.78, 5) is 23.7. The van der Waals surface area contributed by atoms with Crippen LogP contribution in [-0.2, 0) is 17.8 Å². The number of fused-ring (bicyclic) bond motifs is 2. The van der Waals surface area contributed by atoms with Gasteiger partial charge in [-0.25, -0.2) is 0 Å². The highest BCUT2D eigenvalue weighted by Crippen LogP contribution is 2.32. The molecule has 0 saturated carbocycles. The zero-order chi connectivity index (χ0) is 16.5. The first-order chi connectivity index (χ1) is 11.7. The molecule has 0 saturated heterocycles. The summed E-state index contributed by atoms with van der Waals surface area (Å²) in [6, 6.07) is 10.9. The van der Waals surface area contributed by atoms with Gasteiger partial charge in [0.05, 0.1) is 0 Å². The van der Waals surface area contributed by atoms with Crippen LogP contribution in [0.3, 0.4) is 0 Å². The number of rotatable bonds is 3. The Morgan fingerprint density at radius 2 is 1.96 bits per heavy atom. The minimum atomic E-state index is -0.167. The topological polar surface area (TPSA) is 76.7 Å². The first kappa shape index (κ1) is 14.6. The fourth-order valence-corrected chi connectivity index (χ4v) is 2.87. The maximum Gasteiger partial charge on any atom is 0.251 e. The van der Waals surface area contributed by atoms with E-state index in [0.717, 1.165) is 23.2 Å². The molecular weight excluding hydrogens is 308 g/mol. The van der Waals surface area contributed by atoms with Crippen molar-refractivity contribution in [3.05, 3.63) is 53.1 Å². The first-order valence-electron chi connectivity index (χ1n) is 7.78. The second kappa shape index (κ2) is 5.88. The van der Waals surface area contributed by atoms with E-state index in [1.165, 1.54) is 0 Å². The highest BCUT2D eigenvalue weighted by Gasteiger charge is 2.17. The molecule has 2 aliphatic rings. The average Bonchev–Trinajstić information content (AvgIpc) is 3.07. The first-order valence-corrected chi connectivity index (χ1v) is 7.78. The minimum absolute atomic E-state index is 0.0476. The molecule has 0 spiro atoms. The van der Waals surface area contributed by atoms with Crippen LogP contribution in [0, 0.1) is 0 Å². The summed E-state index contributed by atoms with van der Waals surface area (Å²) in [5, 5.41) is 5.75. The lowest BCUT2D eigenvalue weighted by Gasteiger charge is -2.17. The van der Waals surface area contributed by atoms with Crippen molar-refractivity contribution in [2.75, 3.05) is 12.1 Å². The highest BCUT2D eigenvalue weighted by atomic mass is 16.7. The normalized spacial score (nSPS) is 14.8. The van der Waals surface area contributed by atoms with Gasteiger partial charge in [0.2, 0.25) is 12.7 Å². The van der Waals surface area contributed by atoms with E-state index in [9.17, 15) is 9.59 Å².